The van der Waals surface area contributed by atoms with Gasteiger partial charge in [-0.25, -0.2) is 8.42 Å². The van der Waals surface area contributed by atoms with Crippen LogP contribution < -0.4 is 10.6 Å². The Labute approximate surface area is 199 Å². The molecule has 2 aromatic carbocycles. The molecule has 2 fully saturated rings. The van der Waals surface area contributed by atoms with E-state index < -0.39 is 15.9 Å². The molecule has 0 spiro atoms. The van der Waals surface area contributed by atoms with E-state index in [0.717, 1.165) is 44.1 Å². The van der Waals surface area contributed by atoms with E-state index in [1.165, 1.54) is 22.5 Å². The number of halogens is 1. The highest BCUT2D eigenvalue weighted by atomic mass is 35.5. The zero-order valence-electron chi connectivity index (χ0n) is 18.3. The van der Waals surface area contributed by atoms with E-state index in [1.54, 1.807) is 0 Å². The molecule has 2 amide bonds. The lowest BCUT2D eigenvalue weighted by Gasteiger charge is -2.16. The molecular formula is C24H28ClN3O4S. The summed E-state index contributed by atoms with van der Waals surface area (Å²) in [7, 11) is -3.65. The van der Waals surface area contributed by atoms with Gasteiger partial charge in [0.05, 0.1) is 15.5 Å². The first-order valence-corrected chi connectivity index (χ1v) is 13.1. The fraction of sp³-hybridized carbons (Fsp3) is 0.417. The van der Waals surface area contributed by atoms with Crippen molar-refractivity contribution < 1.29 is 18.0 Å². The van der Waals surface area contributed by atoms with Gasteiger partial charge in [-0.2, -0.15) is 4.31 Å². The number of hydrogen-bond acceptors (Lipinski definition) is 4. The molecule has 0 unspecified atom stereocenters. The van der Waals surface area contributed by atoms with Gasteiger partial charge in [-0.3, -0.25) is 9.59 Å². The number of amides is 2. The van der Waals surface area contributed by atoms with Crippen molar-refractivity contribution in [3.63, 3.8) is 0 Å². The van der Waals surface area contributed by atoms with Gasteiger partial charge in [0.1, 0.15) is 0 Å². The summed E-state index contributed by atoms with van der Waals surface area (Å²) in [4.78, 5) is 25.2. The summed E-state index contributed by atoms with van der Waals surface area (Å²) in [6.45, 7) is 1.19. The van der Waals surface area contributed by atoms with Crippen LogP contribution in [0.25, 0.3) is 0 Å². The largest absolute Gasteiger partial charge is 0.348 e. The van der Waals surface area contributed by atoms with Crippen molar-refractivity contribution in [3.05, 3.63) is 58.6 Å². The van der Waals surface area contributed by atoms with Gasteiger partial charge in [0.25, 0.3) is 5.91 Å². The molecule has 0 atom stereocenters. The maximum absolute atomic E-state index is 12.8. The molecule has 1 aliphatic heterocycles. The number of carbonyl (C=O) groups is 2. The zero-order valence-corrected chi connectivity index (χ0v) is 19.9. The van der Waals surface area contributed by atoms with Gasteiger partial charge < -0.3 is 10.6 Å². The maximum Gasteiger partial charge on any atom is 0.253 e. The third-order valence-electron chi connectivity index (χ3n) is 6.26. The fourth-order valence-corrected chi connectivity index (χ4v) is 6.13. The van der Waals surface area contributed by atoms with Crippen LogP contribution in [0.3, 0.4) is 0 Å². The topological polar surface area (TPSA) is 95.6 Å². The van der Waals surface area contributed by atoms with Gasteiger partial charge in [0.15, 0.2) is 0 Å². The van der Waals surface area contributed by atoms with Gasteiger partial charge >= 0.3 is 0 Å². The van der Waals surface area contributed by atoms with Crippen LogP contribution in [0.15, 0.2) is 47.4 Å². The Balaban J connectivity index is 1.42. The molecular weight excluding hydrogens is 462 g/mol. The van der Waals surface area contributed by atoms with Crippen LogP contribution in [0.4, 0.5) is 5.69 Å². The Morgan fingerprint density at radius 2 is 1.73 bits per heavy atom. The Kier molecular flexibility index (Phi) is 7.36. The summed E-state index contributed by atoms with van der Waals surface area (Å²) in [6, 6.07) is 11.5. The molecule has 7 nitrogen and oxygen atoms in total. The molecule has 33 heavy (non-hydrogen) atoms. The minimum absolute atomic E-state index is 0.0384. The lowest BCUT2D eigenvalue weighted by atomic mass is 10.1. The van der Waals surface area contributed by atoms with Crippen LogP contribution >= 0.6 is 11.6 Å². The van der Waals surface area contributed by atoms with Gasteiger partial charge in [0.2, 0.25) is 15.9 Å². The Hall–Kier alpha value is -2.42. The second-order valence-electron chi connectivity index (χ2n) is 8.61. The third-order valence-corrected chi connectivity index (χ3v) is 8.48. The normalized spacial score (nSPS) is 17.2. The molecule has 2 aromatic rings. The van der Waals surface area contributed by atoms with Gasteiger partial charge in [-0.15, -0.1) is 0 Å². The minimum Gasteiger partial charge on any atom is -0.348 e. The van der Waals surface area contributed by atoms with Gasteiger partial charge in [-0.1, -0.05) is 36.6 Å². The predicted octanol–water partition coefficient (Wildman–Crippen LogP) is 4.18. The number of sulfonamides is 1. The summed E-state index contributed by atoms with van der Waals surface area (Å²) in [5.74, 6) is -0.352. The number of rotatable bonds is 7. The molecule has 0 bridgehead atoms. The second-order valence-corrected chi connectivity index (χ2v) is 11.0. The van der Waals surface area contributed by atoms with E-state index in [2.05, 4.69) is 10.6 Å². The monoisotopic (exact) mass is 489 g/mol. The van der Waals surface area contributed by atoms with E-state index >= 15 is 0 Å². The quantitative estimate of drug-likeness (QED) is 0.609. The summed E-state index contributed by atoms with van der Waals surface area (Å²) < 4.78 is 27.1. The van der Waals surface area contributed by atoms with Crippen LogP contribution in [0.5, 0.6) is 0 Å². The molecule has 1 saturated carbocycles. The van der Waals surface area contributed by atoms with Crippen molar-refractivity contribution in [3.8, 4) is 0 Å². The molecule has 2 aliphatic rings. The molecule has 1 heterocycles. The average molecular weight is 490 g/mol. The Morgan fingerprint density at radius 3 is 2.45 bits per heavy atom. The Bertz CT molecular complexity index is 1140. The first-order valence-electron chi connectivity index (χ1n) is 11.3. The van der Waals surface area contributed by atoms with Crippen molar-refractivity contribution >= 4 is 39.1 Å². The number of benzene rings is 2. The molecule has 0 aromatic heterocycles. The van der Waals surface area contributed by atoms with Crippen molar-refractivity contribution in [1.29, 1.82) is 0 Å². The Morgan fingerprint density at radius 1 is 1.00 bits per heavy atom. The third kappa shape index (κ3) is 5.57. The standard InChI is InChI=1S/C24H28ClN3O4S/c25-22-11-10-20(33(31,32)28-12-3-4-13-28)15-21(22)24(30)26-16-17-6-5-9-19(14-17)27-23(29)18-7-1-2-8-18/h5-6,9-11,14-15,18H,1-4,7-8,12-13,16H2,(H,26,30)(H,27,29). The number of carbonyl (C=O) groups excluding carboxylic acids is 2. The first kappa shape index (κ1) is 23.7. The SMILES string of the molecule is O=C(NCc1cccc(NC(=O)C2CCCC2)c1)c1cc(S(=O)(=O)N2CCCC2)ccc1Cl. The highest BCUT2D eigenvalue weighted by Crippen LogP contribution is 2.27. The second kappa shape index (κ2) is 10.2. The summed E-state index contributed by atoms with van der Waals surface area (Å²) >= 11 is 6.21. The smallest absolute Gasteiger partial charge is 0.253 e. The van der Waals surface area contributed by atoms with Crippen LogP contribution in [0.2, 0.25) is 5.02 Å². The molecule has 2 N–H and O–H groups in total. The molecule has 0 radical (unpaired) electrons. The van der Waals surface area contributed by atoms with Gasteiger partial charge in [0, 0.05) is 31.2 Å². The summed E-state index contributed by atoms with van der Waals surface area (Å²) in [5.41, 5.74) is 1.61. The molecule has 9 heteroatoms. The van der Waals surface area contributed by atoms with E-state index in [-0.39, 0.29) is 33.9 Å². The minimum atomic E-state index is -3.65. The average Bonchev–Trinajstić information content (AvgIpc) is 3.53. The number of anilines is 1. The van der Waals surface area contributed by atoms with E-state index in [4.69, 9.17) is 11.6 Å². The highest BCUT2D eigenvalue weighted by Gasteiger charge is 2.28. The van der Waals surface area contributed by atoms with Crippen molar-refractivity contribution in [2.75, 3.05) is 18.4 Å². The van der Waals surface area contributed by atoms with Gasteiger partial charge in [-0.05, 0) is 61.6 Å². The number of hydrogen-bond donors (Lipinski definition) is 2. The van der Waals surface area contributed by atoms with E-state index in [9.17, 15) is 18.0 Å². The number of nitrogens with one attached hydrogen (secondary N) is 2. The fourth-order valence-electron chi connectivity index (χ4n) is 4.39. The zero-order chi connectivity index (χ0) is 23.4. The van der Waals surface area contributed by atoms with E-state index in [1.807, 2.05) is 24.3 Å². The van der Waals surface area contributed by atoms with Crippen LogP contribution in [-0.2, 0) is 21.4 Å². The highest BCUT2D eigenvalue weighted by molar-refractivity contribution is 7.89. The first-order chi connectivity index (χ1) is 15.8. The lowest BCUT2D eigenvalue weighted by molar-refractivity contribution is -0.119. The van der Waals surface area contributed by atoms with Crippen molar-refractivity contribution in [1.82, 2.24) is 9.62 Å². The lowest BCUT2D eigenvalue weighted by Crippen LogP contribution is -2.28. The summed E-state index contributed by atoms with van der Waals surface area (Å²) in [5, 5.41) is 5.94. The van der Waals surface area contributed by atoms with Crippen molar-refractivity contribution in [2.24, 2.45) is 5.92 Å². The molecule has 176 valence electrons. The van der Waals surface area contributed by atoms with Crippen LogP contribution in [0.1, 0.15) is 54.4 Å². The van der Waals surface area contributed by atoms with Crippen molar-refractivity contribution in [2.45, 2.75) is 50.0 Å². The molecule has 1 saturated heterocycles. The molecule has 4 rings (SSSR count). The maximum atomic E-state index is 12.8. The summed E-state index contributed by atoms with van der Waals surface area (Å²) in [6.07, 6.45) is 5.70. The van der Waals surface area contributed by atoms with E-state index in [0.29, 0.717) is 18.8 Å². The molecule has 1 aliphatic carbocycles. The van der Waals surface area contributed by atoms with Crippen LogP contribution in [0, 0.1) is 5.92 Å². The number of nitrogens with zero attached hydrogens (tertiary/aromatic N) is 1. The van der Waals surface area contributed by atoms with Crippen LogP contribution in [-0.4, -0.2) is 37.6 Å². The predicted molar refractivity (Wildman–Crippen MR) is 128 cm³/mol.